The number of ketones is 1. The Hall–Kier alpha value is -2.37. The van der Waals surface area contributed by atoms with Crippen LogP contribution >= 0.6 is 23.2 Å². The molecule has 2 amide bonds. The Kier molecular flexibility index (Phi) is 6.60. The number of likely N-dealkylation sites (tertiary alicyclic amines) is 1. The summed E-state index contributed by atoms with van der Waals surface area (Å²) >= 11 is 12.0. The number of nitrogens with zero attached hydrogens (tertiary/aromatic N) is 2. The summed E-state index contributed by atoms with van der Waals surface area (Å²) in [6.07, 6.45) is 1.18. The number of carbonyl (C=O) groups excluding carboxylic acids is 3. The van der Waals surface area contributed by atoms with Gasteiger partial charge in [0.1, 0.15) is 5.92 Å². The average molecular weight is 433 g/mol. The van der Waals surface area contributed by atoms with Gasteiger partial charge in [-0.3, -0.25) is 14.4 Å². The van der Waals surface area contributed by atoms with Gasteiger partial charge < -0.3 is 9.80 Å². The van der Waals surface area contributed by atoms with Crippen molar-refractivity contribution in [3.8, 4) is 0 Å². The third-order valence-corrected chi connectivity index (χ3v) is 5.80. The number of hydrogen-bond acceptors (Lipinski definition) is 3. The Bertz CT molecular complexity index is 865. The largest absolute Gasteiger partial charge is 0.341 e. The molecule has 1 fully saturated rings. The first-order valence-corrected chi connectivity index (χ1v) is 10.1. The molecule has 3 rings (SSSR count). The summed E-state index contributed by atoms with van der Waals surface area (Å²) in [5, 5.41) is 1.29. The maximum Gasteiger partial charge on any atom is 0.290 e. The van der Waals surface area contributed by atoms with E-state index in [2.05, 4.69) is 0 Å². The molecule has 0 spiro atoms. The first kappa shape index (κ1) is 21.3. The predicted octanol–water partition coefficient (Wildman–Crippen LogP) is 3.26. The van der Waals surface area contributed by atoms with E-state index in [-0.39, 0.29) is 18.5 Å². The van der Waals surface area contributed by atoms with Gasteiger partial charge in [-0.1, -0.05) is 47.5 Å². The van der Waals surface area contributed by atoms with Gasteiger partial charge in [0.05, 0.1) is 0 Å². The van der Waals surface area contributed by atoms with Gasteiger partial charge >= 0.3 is 0 Å². The van der Waals surface area contributed by atoms with Crippen molar-refractivity contribution in [3.63, 3.8) is 0 Å². The van der Waals surface area contributed by atoms with Gasteiger partial charge in [-0.25, -0.2) is 0 Å². The van der Waals surface area contributed by atoms with Crippen molar-refractivity contribution in [1.82, 2.24) is 9.80 Å². The lowest BCUT2D eigenvalue weighted by Crippen LogP contribution is -2.45. The van der Waals surface area contributed by atoms with Gasteiger partial charge in [0, 0.05) is 36.7 Å². The van der Waals surface area contributed by atoms with Crippen LogP contribution in [0.1, 0.15) is 11.1 Å². The normalized spacial score (nSPS) is 16.6. The van der Waals surface area contributed by atoms with Crippen LogP contribution in [0.2, 0.25) is 10.0 Å². The average Bonchev–Trinajstić information content (AvgIpc) is 2.97. The number of amides is 2. The van der Waals surface area contributed by atoms with Crippen molar-refractivity contribution in [2.24, 2.45) is 5.92 Å². The molecule has 2 aromatic carbocycles. The highest BCUT2D eigenvalue weighted by Gasteiger charge is 2.43. The van der Waals surface area contributed by atoms with Gasteiger partial charge in [-0.2, -0.15) is 0 Å². The van der Waals surface area contributed by atoms with Gasteiger partial charge in [0.15, 0.2) is 0 Å². The standard InChI is InChI=1S/C22H22Cl2N2O3/c1-25-13-19(20(27)22(25)29)21(28)26(2)18(11-14-3-7-16(23)8-4-14)12-15-5-9-17(24)10-6-15/h3-10,18-19H,11-13H2,1-2H3. The number of carbonyl (C=O) groups is 3. The van der Waals surface area contributed by atoms with E-state index >= 15 is 0 Å². The van der Waals surface area contributed by atoms with Crippen LogP contribution in [0.3, 0.4) is 0 Å². The zero-order valence-electron chi connectivity index (χ0n) is 16.3. The molecule has 1 aliphatic heterocycles. The highest BCUT2D eigenvalue weighted by atomic mass is 35.5. The summed E-state index contributed by atoms with van der Waals surface area (Å²) in [5.41, 5.74) is 2.05. The van der Waals surface area contributed by atoms with E-state index in [9.17, 15) is 14.4 Å². The second-order valence-electron chi connectivity index (χ2n) is 7.37. The van der Waals surface area contributed by atoms with E-state index in [1.165, 1.54) is 11.9 Å². The SMILES string of the molecule is CN1CC(C(=O)N(C)C(Cc2ccc(Cl)cc2)Cc2ccc(Cl)cc2)C(=O)C1=O. The molecule has 1 unspecified atom stereocenters. The molecule has 0 saturated carbocycles. The molecule has 152 valence electrons. The number of halogens is 2. The van der Waals surface area contributed by atoms with Crippen LogP contribution < -0.4 is 0 Å². The van der Waals surface area contributed by atoms with Crippen LogP contribution in [0.15, 0.2) is 48.5 Å². The van der Waals surface area contributed by atoms with Gasteiger partial charge in [-0.15, -0.1) is 0 Å². The summed E-state index contributed by atoms with van der Waals surface area (Å²) in [6, 6.07) is 14.7. The van der Waals surface area contributed by atoms with Crippen LogP contribution in [0.4, 0.5) is 0 Å². The fraction of sp³-hybridized carbons (Fsp3) is 0.318. The monoisotopic (exact) mass is 432 g/mol. The summed E-state index contributed by atoms with van der Waals surface area (Å²) in [4.78, 5) is 40.0. The van der Waals surface area contributed by atoms with Gasteiger partial charge in [-0.05, 0) is 48.2 Å². The van der Waals surface area contributed by atoms with Crippen molar-refractivity contribution in [2.45, 2.75) is 18.9 Å². The maximum absolute atomic E-state index is 13.1. The third kappa shape index (κ3) is 4.98. The minimum atomic E-state index is -0.949. The van der Waals surface area contributed by atoms with Gasteiger partial charge in [0.25, 0.3) is 5.91 Å². The van der Waals surface area contributed by atoms with Crippen molar-refractivity contribution < 1.29 is 14.4 Å². The Morgan fingerprint density at radius 3 is 1.83 bits per heavy atom. The zero-order chi connectivity index (χ0) is 21.1. The van der Waals surface area contributed by atoms with E-state index in [0.29, 0.717) is 22.9 Å². The first-order chi connectivity index (χ1) is 13.8. The predicted molar refractivity (Wildman–Crippen MR) is 113 cm³/mol. The van der Waals surface area contributed by atoms with Crippen molar-refractivity contribution >= 4 is 40.8 Å². The molecule has 0 radical (unpaired) electrons. The molecule has 7 heteroatoms. The molecule has 1 saturated heterocycles. The highest BCUT2D eigenvalue weighted by molar-refractivity contribution is 6.42. The molecule has 0 bridgehead atoms. The van der Waals surface area contributed by atoms with Crippen LogP contribution in [0, 0.1) is 5.92 Å². The topological polar surface area (TPSA) is 57.7 Å². The van der Waals surface area contributed by atoms with Crippen LogP contribution in [-0.2, 0) is 27.2 Å². The van der Waals surface area contributed by atoms with Crippen molar-refractivity contribution in [1.29, 1.82) is 0 Å². The summed E-state index contributed by atoms with van der Waals surface area (Å²) < 4.78 is 0. The second kappa shape index (κ2) is 8.97. The smallest absolute Gasteiger partial charge is 0.290 e. The fourth-order valence-electron chi connectivity index (χ4n) is 3.52. The molecule has 1 aliphatic rings. The van der Waals surface area contributed by atoms with Crippen molar-refractivity contribution in [2.75, 3.05) is 20.6 Å². The van der Waals surface area contributed by atoms with E-state index in [1.807, 2.05) is 48.5 Å². The van der Waals surface area contributed by atoms with E-state index in [1.54, 1.807) is 11.9 Å². The minimum absolute atomic E-state index is 0.120. The Morgan fingerprint density at radius 1 is 1.00 bits per heavy atom. The lowest BCUT2D eigenvalue weighted by Gasteiger charge is -2.30. The number of hydrogen-bond donors (Lipinski definition) is 0. The van der Waals surface area contributed by atoms with E-state index < -0.39 is 17.6 Å². The molecule has 0 aromatic heterocycles. The first-order valence-electron chi connectivity index (χ1n) is 9.31. The molecule has 1 heterocycles. The molecule has 1 atom stereocenters. The van der Waals surface area contributed by atoms with Crippen LogP contribution in [0.5, 0.6) is 0 Å². The van der Waals surface area contributed by atoms with Crippen molar-refractivity contribution in [3.05, 3.63) is 69.7 Å². The number of likely N-dealkylation sites (N-methyl/N-ethyl adjacent to an activating group) is 2. The van der Waals surface area contributed by atoms with Crippen LogP contribution in [0.25, 0.3) is 0 Å². The number of Topliss-reactive ketones (excluding diaryl/α,β-unsaturated/α-hetero) is 1. The summed E-state index contributed by atoms with van der Waals surface area (Å²) in [7, 11) is 3.22. The van der Waals surface area contributed by atoms with Crippen LogP contribution in [-0.4, -0.2) is 54.1 Å². The molecule has 5 nitrogen and oxygen atoms in total. The van der Waals surface area contributed by atoms with E-state index in [0.717, 1.165) is 11.1 Å². The Labute approximate surface area is 180 Å². The molecule has 0 N–H and O–H groups in total. The fourth-order valence-corrected chi connectivity index (χ4v) is 3.78. The molecular formula is C22H22Cl2N2O3. The third-order valence-electron chi connectivity index (χ3n) is 5.29. The lowest BCUT2D eigenvalue weighted by atomic mass is 9.96. The summed E-state index contributed by atoms with van der Waals surface area (Å²) in [6.45, 7) is 0.120. The minimum Gasteiger partial charge on any atom is -0.341 e. The zero-order valence-corrected chi connectivity index (χ0v) is 17.8. The molecular weight excluding hydrogens is 411 g/mol. The number of benzene rings is 2. The number of rotatable bonds is 6. The maximum atomic E-state index is 13.1. The second-order valence-corrected chi connectivity index (χ2v) is 8.24. The molecule has 29 heavy (non-hydrogen) atoms. The molecule has 0 aliphatic carbocycles. The summed E-state index contributed by atoms with van der Waals surface area (Å²) in [5.74, 6) is -2.53. The Balaban J connectivity index is 1.83. The molecule has 2 aromatic rings. The van der Waals surface area contributed by atoms with Gasteiger partial charge in [0.2, 0.25) is 11.7 Å². The lowest BCUT2D eigenvalue weighted by molar-refractivity contribution is -0.145. The quantitative estimate of drug-likeness (QED) is 0.519. The Morgan fingerprint density at radius 2 is 1.45 bits per heavy atom. The van der Waals surface area contributed by atoms with E-state index in [4.69, 9.17) is 23.2 Å². The highest BCUT2D eigenvalue weighted by Crippen LogP contribution is 2.21.